The van der Waals surface area contributed by atoms with Crippen LogP contribution in [0.5, 0.6) is 5.88 Å². The van der Waals surface area contributed by atoms with Crippen LogP contribution in [0.3, 0.4) is 0 Å². The van der Waals surface area contributed by atoms with E-state index in [1.807, 2.05) is 12.1 Å². The third kappa shape index (κ3) is 3.76. The van der Waals surface area contributed by atoms with Gasteiger partial charge in [-0.25, -0.2) is 15.0 Å². The van der Waals surface area contributed by atoms with Crippen LogP contribution in [0.25, 0.3) is 10.9 Å². The summed E-state index contributed by atoms with van der Waals surface area (Å²) in [7, 11) is 0. The van der Waals surface area contributed by atoms with Crippen LogP contribution in [0.15, 0.2) is 41.1 Å². The molecule has 0 fully saturated rings. The number of hydrogen-bond acceptors (Lipinski definition) is 4. The molecule has 9 heteroatoms. The van der Waals surface area contributed by atoms with Crippen LogP contribution in [0.2, 0.25) is 5.15 Å². The number of nitrogens with zero attached hydrogens (tertiary/aromatic N) is 3. The summed E-state index contributed by atoms with van der Waals surface area (Å²) in [5.41, 5.74) is 0.168. The van der Waals surface area contributed by atoms with Gasteiger partial charge in [0, 0.05) is 21.5 Å². The minimum absolute atomic E-state index is 0.0669. The van der Waals surface area contributed by atoms with Crippen LogP contribution in [-0.2, 0) is 12.8 Å². The minimum atomic E-state index is -4.56. The van der Waals surface area contributed by atoms with Crippen molar-refractivity contribution in [2.75, 3.05) is 0 Å². The molecule has 0 N–H and O–H groups in total. The first-order valence-electron chi connectivity index (χ1n) is 6.59. The van der Waals surface area contributed by atoms with Gasteiger partial charge in [0.2, 0.25) is 5.88 Å². The first-order chi connectivity index (χ1) is 11.3. The zero-order valence-corrected chi connectivity index (χ0v) is 14.2. The van der Waals surface area contributed by atoms with E-state index in [9.17, 15) is 13.2 Å². The Morgan fingerprint density at radius 1 is 1.12 bits per heavy atom. The number of benzene rings is 1. The van der Waals surface area contributed by atoms with Crippen molar-refractivity contribution in [1.82, 2.24) is 15.0 Å². The van der Waals surface area contributed by atoms with Gasteiger partial charge in [-0.1, -0.05) is 27.5 Å². The molecular formula is C15H8BrClF3N3O. The van der Waals surface area contributed by atoms with E-state index >= 15 is 0 Å². The van der Waals surface area contributed by atoms with Gasteiger partial charge in [0.1, 0.15) is 18.1 Å². The second-order valence-corrected chi connectivity index (χ2v) is 6.08. The maximum atomic E-state index is 12.6. The molecule has 0 aliphatic heterocycles. The molecule has 0 aliphatic carbocycles. The molecule has 4 nitrogen and oxygen atoms in total. The first-order valence-corrected chi connectivity index (χ1v) is 7.77. The van der Waals surface area contributed by atoms with E-state index in [0.29, 0.717) is 11.1 Å². The summed E-state index contributed by atoms with van der Waals surface area (Å²) in [6.07, 6.45) is -3.76. The van der Waals surface area contributed by atoms with Crippen LogP contribution in [0, 0.1) is 0 Å². The van der Waals surface area contributed by atoms with Crippen molar-refractivity contribution in [3.05, 3.63) is 57.5 Å². The van der Waals surface area contributed by atoms with E-state index in [2.05, 4.69) is 30.9 Å². The topological polar surface area (TPSA) is 47.9 Å². The summed E-state index contributed by atoms with van der Waals surface area (Å²) in [5, 5.41) is 1.04. The Labute approximate surface area is 147 Å². The van der Waals surface area contributed by atoms with E-state index in [-0.39, 0.29) is 17.6 Å². The van der Waals surface area contributed by atoms with Crippen molar-refractivity contribution in [2.24, 2.45) is 0 Å². The molecule has 0 saturated heterocycles. The van der Waals surface area contributed by atoms with Gasteiger partial charge in [-0.2, -0.15) is 13.2 Å². The molecule has 124 valence electrons. The van der Waals surface area contributed by atoms with Crippen molar-refractivity contribution in [3.8, 4) is 5.88 Å². The van der Waals surface area contributed by atoms with Gasteiger partial charge in [0.05, 0.1) is 5.52 Å². The lowest BCUT2D eigenvalue weighted by Gasteiger charge is -2.10. The smallest absolute Gasteiger partial charge is 0.433 e. The van der Waals surface area contributed by atoms with E-state index in [1.165, 1.54) is 0 Å². The van der Waals surface area contributed by atoms with E-state index < -0.39 is 11.9 Å². The lowest BCUT2D eigenvalue weighted by Crippen LogP contribution is -2.09. The minimum Gasteiger partial charge on any atom is -0.473 e. The molecule has 0 radical (unpaired) electrons. The van der Waals surface area contributed by atoms with Crippen LogP contribution in [0.1, 0.15) is 11.3 Å². The highest BCUT2D eigenvalue weighted by atomic mass is 79.9. The normalized spacial score (nSPS) is 11.7. The van der Waals surface area contributed by atoms with Gasteiger partial charge in [0.15, 0.2) is 5.69 Å². The molecule has 3 rings (SSSR count). The molecule has 3 aromatic rings. The standard InChI is InChI=1S/C15H8BrClF3N3O/c16-10-1-2-11-8(4-10)3-9(14(17)23-11)6-24-13-5-12(15(18,19)20)21-7-22-13/h1-5,7H,6H2. The van der Waals surface area contributed by atoms with Gasteiger partial charge >= 0.3 is 6.18 Å². The molecule has 0 spiro atoms. The fraction of sp³-hybridized carbons (Fsp3) is 0.133. The van der Waals surface area contributed by atoms with Crippen molar-refractivity contribution >= 4 is 38.4 Å². The Hall–Kier alpha value is -1.93. The third-order valence-electron chi connectivity index (χ3n) is 3.11. The average molecular weight is 419 g/mol. The number of ether oxygens (including phenoxy) is 1. The van der Waals surface area contributed by atoms with Crippen molar-refractivity contribution in [1.29, 1.82) is 0 Å². The summed E-state index contributed by atoms with van der Waals surface area (Å²) in [6.45, 7) is -0.0669. The van der Waals surface area contributed by atoms with E-state index in [1.54, 1.807) is 12.1 Å². The Morgan fingerprint density at radius 2 is 1.92 bits per heavy atom. The SMILES string of the molecule is FC(F)(F)c1cc(OCc2cc3cc(Br)ccc3nc2Cl)ncn1. The van der Waals surface area contributed by atoms with Crippen molar-refractivity contribution in [2.45, 2.75) is 12.8 Å². The number of hydrogen-bond donors (Lipinski definition) is 0. The number of fused-ring (bicyclic) bond motifs is 1. The second kappa shape index (κ2) is 6.52. The quantitative estimate of drug-likeness (QED) is 0.559. The summed E-state index contributed by atoms with van der Waals surface area (Å²) in [6, 6.07) is 7.99. The van der Waals surface area contributed by atoms with Gasteiger partial charge in [-0.05, 0) is 24.3 Å². The van der Waals surface area contributed by atoms with E-state index in [4.69, 9.17) is 16.3 Å². The Kier molecular flexibility index (Phi) is 4.60. The number of halogens is 5. The summed E-state index contributed by atoms with van der Waals surface area (Å²) in [4.78, 5) is 11.1. The molecule has 2 aromatic heterocycles. The Morgan fingerprint density at radius 3 is 2.67 bits per heavy atom. The Balaban J connectivity index is 1.84. The maximum Gasteiger partial charge on any atom is 0.433 e. The fourth-order valence-electron chi connectivity index (χ4n) is 1.99. The van der Waals surface area contributed by atoms with Gasteiger partial charge in [-0.15, -0.1) is 0 Å². The number of rotatable bonds is 3. The molecular weight excluding hydrogens is 411 g/mol. The van der Waals surface area contributed by atoms with Gasteiger partial charge < -0.3 is 4.74 Å². The maximum absolute atomic E-state index is 12.6. The van der Waals surface area contributed by atoms with Gasteiger partial charge in [-0.3, -0.25) is 0 Å². The molecule has 0 unspecified atom stereocenters. The molecule has 0 bridgehead atoms. The van der Waals surface area contributed by atoms with Crippen LogP contribution in [0.4, 0.5) is 13.2 Å². The lowest BCUT2D eigenvalue weighted by molar-refractivity contribution is -0.141. The monoisotopic (exact) mass is 417 g/mol. The molecule has 2 heterocycles. The molecule has 0 amide bonds. The fourth-order valence-corrected chi connectivity index (χ4v) is 2.57. The Bertz CT molecular complexity index is 905. The second-order valence-electron chi connectivity index (χ2n) is 4.80. The summed E-state index contributed by atoms with van der Waals surface area (Å²) < 4.78 is 44.1. The molecule has 0 aliphatic rings. The number of alkyl halides is 3. The highest BCUT2D eigenvalue weighted by Crippen LogP contribution is 2.29. The molecule has 0 saturated carbocycles. The van der Waals surface area contributed by atoms with Crippen molar-refractivity contribution < 1.29 is 17.9 Å². The lowest BCUT2D eigenvalue weighted by atomic mass is 10.2. The summed E-state index contributed by atoms with van der Waals surface area (Å²) >= 11 is 9.46. The number of pyridine rings is 1. The average Bonchev–Trinajstić information content (AvgIpc) is 2.53. The van der Waals surface area contributed by atoms with Crippen LogP contribution >= 0.6 is 27.5 Å². The molecule has 0 atom stereocenters. The highest BCUT2D eigenvalue weighted by Gasteiger charge is 2.33. The third-order valence-corrected chi connectivity index (χ3v) is 3.93. The van der Waals surface area contributed by atoms with Crippen LogP contribution < -0.4 is 4.74 Å². The summed E-state index contributed by atoms with van der Waals surface area (Å²) in [5.74, 6) is -0.192. The molecule has 24 heavy (non-hydrogen) atoms. The highest BCUT2D eigenvalue weighted by molar-refractivity contribution is 9.10. The first kappa shape index (κ1) is 16.9. The zero-order chi connectivity index (χ0) is 17.3. The zero-order valence-electron chi connectivity index (χ0n) is 11.8. The predicted octanol–water partition coefficient (Wildman–Crippen LogP) is 5.04. The number of aromatic nitrogens is 3. The molecule has 1 aromatic carbocycles. The predicted molar refractivity (Wildman–Crippen MR) is 85.8 cm³/mol. The largest absolute Gasteiger partial charge is 0.473 e. The van der Waals surface area contributed by atoms with Crippen molar-refractivity contribution in [3.63, 3.8) is 0 Å². The van der Waals surface area contributed by atoms with E-state index in [0.717, 1.165) is 22.3 Å². The van der Waals surface area contributed by atoms with Gasteiger partial charge in [0.25, 0.3) is 0 Å². The van der Waals surface area contributed by atoms with Crippen LogP contribution in [-0.4, -0.2) is 15.0 Å².